The normalized spacial score (nSPS) is 10.8. The summed E-state index contributed by atoms with van der Waals surface area (Å²) >= 11 is 1.35. The van der Waals surface area contributed by atoms with Gasteiger partial charge in [-0.2, -0.15) is 5.26 Å². The minimum absolute atomic E-state index is 0.00733. The minimum Gasteiger partial charge on any atom is -0.462 e. The van der Waals surface area contributed by atoms with Gasteiger partial charge >= 0.3 is 5.97 Å². The Hall–Kier alpha value is -3.18. The Morgan fingerprint density at radius 3 is 2.67 bits per heavy atom. The van der Waals surface area contributed by atoms with Crippen LogP contribution in [0.2, 0.25) is 0 Å². The van der Waals surface area contributed by atoms with E-state index in [1.54, 1.807) is 13.0 Å². The summed E-state index contributed by atoms with van der Waals surface area (Å²) in [4.78, 5) is 27.6. The van der Waals surface area contributed by atoms with E-state index in [0.717, 1.165) is 23.4 Å². The van der Waals surface area contributed by atoms with Gasteiger partial charge in [-0.25, -0.2) is 9.78 Å². The molecule has 1 aromatic heterocycles. The van der Waals surface area contributed by atoms with E-state index in [1.165, 1.54) is 17.5 Å². The van der Waals surface area contributed by atoms with E-state index in [9.17, 15) is 9.59 Å². The highest BCUT2D eigenvalue weighted by atomic mass is 32.1. The van der Waals surface area contributed by atoms with Crippen molar-refractivity contribution in [2.24, 2.45) is 0 Å². The third-order valence-electron chi connectivity index (χ3n) is 3.40. The van der Waals surface area contributed by atoms with Crippen LogP contribution in [0.15, 0.2) is 41.4 Å². The lowest BCUT2D eigenvalue weighted by Crippen LogP contribution is -2.10. The Kier molecular flexibility index (Phi) is 7.52. The number of nitrogens with zero attached hydrogens (tertiary/aromatic N) is 2. The molecule has 140 valence electrons. The minimum atomic E-state index is -0.676. The zero-order valence-electron chi connectivity index (χ0n) is 15.1. The van der Waals surface area contributed by atoms with E-state index >= 15 is 0 Å². The molecule has 1 aromatic carbocycles. The molecule has 2 N–H and O–H groups in total. The van der Waals surface area contributed by atoms with Crippen molar-refractivity contribution in [2.45, 2.75) is 26.7 Å². The Bertz CT molecular complexity index is 866. The van der Waals surface area contributed by atoms with Crippen molar-refractivity contribution >= 4 is 34.0 Å². The number of hydrogen-bond acceptors (Lipinski definition) is 7. The number of amides is 1. The van der Waals surface area contributed by atoms with Gasteiger partial charge in [0.05, 0.1) is 12.3 Å². The van der Waals surface area contributed by atoms with Crippen molar-refractivity contribution in [3.8, 4) is 17.3 Å². The van der Waals surface area contributed by atoms with Gasteiger partial charge in [0, 0.05) is 29.3 Å². The van der Waals surface area contributed by atoms with Crippen molar-refractivity contribution in [3.63, 3.8) is 0 Å². The number of carbonyl (C=O) groups is 2. The Labute approximate surface area is 161 Å². The van der Waals surface area contributed by atoms with Gasteiger partial charge in [-0.3, -0.25) is 4.79 Å². The third kappa shape index (κ3) is 5.94. The molecule has 1 heterocycles. The second kappa shape index (κ2) is 10.1. The van der Waals surface area contributed by atoms with Gasteiger partial charge in [-0.15, -0.1) is 11.3 Å². The molecule has 0 fully saturated rings. The lowest BCUT2D eigenvalue weighted by Gasteiger charge is -2.05. The summed E-state index contributed by atoms with van der Waals surface area (Å²) in [7, 11) is 0. The van der Waals surface area contributed by atoms with Gasteiger partial charge in [-0.05, 0) is 25.5 Å². The lowest BCUT2D eigenvalue weighted by atomic mass is 10.1. The summed E-state index contributed by atoms with van der Waals surface area (Å²) in [5, 5.41) is 17.1. The molecule has 0 radical (unpaired) electrons. The molecule has 0 bridgehead atoms. The van der Waals surface area contributed by atoms with Crippen LogP contribution in [0.5, 0.6) is 0 Å². The first kappa shape index (κ1) is 20.1. The molecule has 0 atom stereocenters. The van der Waals surface area contributed by atoms with Crippen molar-refractivity contribution < 1.29 is 14.3 Å². The van der Waals surface area contributed by atoms with Gasteiger partial charge in [0.25, 0.3) is 0 Å². The molecule has 0 saturated heterocycles. The lowest BCUT2D eigenvalue weighted by molar-refractivity contribution is -0.138. The second-order valence-electron chi connectivity index (χ2n) is 5.45. The van der Waals surface area contributed by atoms with Gasteiger partial charge in [0.2, 0.25) is 5.91 Å². The van der Waals surface area contributed by atoms with Crippen LogP contribution in [0.3, 0.4) is 0 Å². The van der Waals surface area contributed by atoms with Crippen molar-refractivity contribution in [1.82, 2.24) is 4.98 Å². The number of nitrogens with one attached hydrogen (secondary N) is 2. The topological polar surface area (TPSA) is 104 Å². The van der Waals surface area contributed by atoms with Crippen LogP contribution >= 0.6 is 11.3 Å². The zero-order valence-corrected chi connectivity index (χ0v) is 15.9. The molecule has 0 unspecified atom stereocenters. The quantitative estimate of drug-likeness (QED) is 0.406. The summed E-state index contributed by atoms with van der Waals surface area (Å²) in [5.74, 6) is -0.683. The number of anilines is 2. The largest absolute Gasteiger partial charge is 0.462 e. The molecule has 7 nitrogen and oxygen atoms in total. The average molecular weight is 384 g/mol. The number of ether oxygens (including phenoxy) is 1. The van der Waals surface area contributed by atoms with Crippen LogP contribution < -0.4 is 10.6 Å². The summed E-state index contributed by atoms with van der Waals surface area (Å²) < 4.78 is 4.80. The maximum absolute atomic E-state index is 11.6. The predicted octanol–water partition coefficient (Wildman–Crippen LogP) is 3.93. The first-order valence-corrected chi connectivity index (χ1v) is 9.35. The molecular weight excluding hydrogens is 364 g/mol. The summed E-state index contributed by atoms with van der Waals surface area (Å²) in [5.41, 5.74) is 2.25. The summed E-state index contributed by atoms with van der Waals surface area (Å²) in [6.45, 7) is 3.83. The van der Waals surface area contributed by atoms with Crippen LogP contribution in [0.4, 0.5) is 10.8 Å². The number of carbonyl (C=O) groups excluding carboxylic acids is 2. The van der Waals surface area contributed by atoms with Crippen molar-refractivity contribution in [3.05, 3.63) is 41.4 Å². The van der Waals surface area contributed by atoms with E-state index < -0.39 is 5.97 Å². The molecule has 0 aliphatic carbocycles. The standard InChI is InChI=1S/C19H20N4O3S/c1-3-5-17(24)22-15-8-6-13(7-9-15)16-12-27-19(23-16)21-11-14(10-20)18(25)26-4-2/h6-9,11-12H,3-5H2,1-2H3,(H,21,23)(H,22,24)/b14-11+. The molecular formula is C19H20N4O3S. The van der Waals surface area contributed by atoms with Crippen LogP contribution in [-0.4, -0.2) is 23.5 Å². The number of aromatic nitrogens is 1. The smallest absolute Gasteiger partial charge is 0.350 e. The first-order valence-electron chi connectivity index (χ1n) is 8.47. The Morgan fingerprint density at radius 2 is 2.04 bits per heavy atom. The number of nitriles is 1. The molecule has 0 saturated carbocycles. The summed E-state index contributed by atoms with van der Waals surface area (Å²) in [6.07, 6.45) is 2.58. The van der Waals surface area contributed by atoms with Crippen LogP contribution in [0, 0.1) is 11.3 Å². The monoisotopic (exact) mass is 384 g/mol. The highest BCUT2D eigenvalue weighted by Gasteiger charge is 2.10. The Morgan fingerprint density at radius 1 is 1.30 bits per heavy atom. The molecule has 0 spiro atoms. The molecule has 2 aromatic rings. The molecule has 0 aliphatic heterocycles. The molecule has 0 aliphatic rings. The van der Waals surface area contributed by atoms with Gasteiger partial charge < -0.3 is 15.4 Å². The number of benzene rings is 1. The van der Waals surface area contributed by atoms with Crippen molar-refractivity contribution in [2.75, 3.05) is 17.2 Å². The van der Waals surface area contributed by atoms with Gasteiger partial charge in [0.15, 0.2) is 10.7 Å². The van der Waals surface area contributed by atoms with Gasteiger partial charge in [0.1, 0.15) is 6.07 Å². The average Bonchev–Trinajstić information content (AvgIpc) is 3.12. The van der Waals surface area contributed by atoms with Crippen LogP contribution in [0.25, 0.3) is 11.3 Å². The fourth-order valence-electron chi connectivity index (χ4n) is 2.13. The van der Waals surface area contributed by atoms with E-state index in [0.29, 0.717) is 11.6 Å². The number of thiazole rings is 1. The SMILES string of the molecule is CCCC(=O)Nc1ccc(-c2csc(N/C=C(\C#N)C(=O)OCC)n2)cc1. The highest BCUT2D eigenvalue weighted by Crippen LogP contribution is 2.26. The molecule has 1 amide bonds. The molecule has 2 rings (SSSR count). The number of rotatable bonds is 8. The number of hydrogen-bond donors (Lipinski definition) is 2. The maximum Gasteiger partial charge on any atom is 0.350 e. The second-order valence-corrected chi connectivity index (χ2v) is 6.31. The van der Waals surface area contributed by atoms with E-state index in [1.807, 2.05) is 36.6 Å². The van der Waals surface area contributed by atoms with Gasteiger partial charge in [-0.1, -0.05) is 19.1 Å². The van der Waals surface area contributed by atoms with E-state index in [2.05, 4.69) is 15.6 Å². The highest BCUT2D eigenvalue weighted by molar-refractivity contribution is 7.14. The fraction of sp³-hybridized carbons (Fsp3) is 0.263. The van der Waals surface area contributed by atoms with Crippen molar-refractivity contribution in [1.29, 1.82) is 5.26 Å². The fourth-order valence-corrected chi connectivity index (χ4v) is 2.82. The maximum atomic E-state index is 11.6. The summed E-state index contributed by atoms with van der Waals surface area (Å²) in [6, 6.07) is 9.18. The van der Waals surface area contributed by atoms with E-state index in [4.69, 9.17) is 10.00 Å². The zero-order chi connectivity index (χ0) is 19.6. The van der Waals surface area contributed by atoms with Crippen LogP contribution in [0.1, 0.15) is 26.7 Å². The molecule has 27 heavy (non-hydrogen) atoms. The third-order valence-corrected chi connectivity index (χ3v) is 4.17. The number of esters is 1. The Balaban J connectivity index is 2.04. The predicted molar refractivity (Wildman–Crippen MR) is 105 cm³/mol. The van der Waals surface area contributed by atoms with E-state index in [-0.39, 0.29) is 18.1 Å². The first-order chi connectivity index (χ1) is 13.1. The van der Waals surface area contributed by atoms with Crippen LogP contribution in [-0.2, 0) is 14.3 Å². The molecule has 8 heteroatoms.